The van der Waals surface area contributed by atoms with Gasteiger partial charge in [-0.1, -0.05) is 62.4 Å². The minimum absolute atomic E-state index is 0.0728. The van der Waals surface area contributed by atoms with Crippen LogP contribution in [-0.2, 0) is 16.1 Å². The molecule has 2 aromatic carbocycles. The standard InChI is InChI=1S/C20H24O4/c1-20(2,15-23-14-16-9-5-3-6-10-16)18(21)13-19(22)24-17-11-7-4-8-12-17/h3-12,18,21H,13-15H2,1-2H3/t18-/m0/s1. The molecule has 128 valence electrons. The molecule has 1 N–H and O–H groups in total. The number of carbonyl (C=O) groups is 1. The average Bonchev–Trinajstić information content (AvgIpc) is 2.56. The molecule has 0 amide bonds. The van der Waals surface area contributed by atoms with Gasteiger partial charge in [-0.2, -0.15) is 0 Å². The Bertz CT molecular complexity index is 623. The van der Waals surface area contributed by atoms with Crippen molar-refractivity contribution >= 4 is 5.97 Å². The highest BCUT2D eigenvalue weighted by molar-refractivity contribution is 5.72. The summed E-state index contributed by atoms with van der Waals surface area (Å²) in [7, 11) is 0. The van der Waals surface area contributed by atoms with E-state index < -0.39 is 17.5 Å². The normalized spacial score (nSPS) is 12.6. The van der Waals surface area contributed by atoms with Gasteiger partial charge in [0.25, 0.3) is 0 Å². The molecule has 0 unspecified atom stereocenters. The number of hydrogen-bond donors (Lipinski definition) is 1. The molecule has 24 heavy (non-hydrogen) atoms. The third kappa shape index (κ3) is 5.80. The molecule has 4 heteroatoms. The monoisotopic (exact) mass is 328 g/mol. The summed E-state index contributed by atoms with van der Waals surface area (Å²) < 4.78 is 10.9. The highest BCUT2D eigenvalue weighted by Gasteiger charge is 2.30. The summed E-state index contributed by atoms with van der Waals surface area (Å²) in [4.78, 5) is 11.9. The molecule has 0 aliphatic heterocycles. The van der Waals surface area contributed by atoms with Gasteiger partial charge in [0.2, 0.25) is 0 Å². The minimum atomic E-state index is -0.843. The van der Waals surface area contributed by atoms with E-state index in [1.54, 1.807) is 24.3 Å². The molecular formula is C20H24O4. The molecule has 2 rings (SSSR count). The summed E-state index contributed by atoms with van der Waals surface area (Å²) in [6, 6.07) is 18.7. The Morgan fingerprint density at radius 3 is 2.25 bits per heavy atom. The van der Waals surface area contributed by atoms with Gasteiger partial charge in [0.1, 0.15) is 5.75 Å². The van der Waals surface area contributed by atoms with Crippen molar-refractivity contribution in [2.24, 2.45) is 5.41 Å². The molecule has 0 fully saturated rings. The van der Waals surface area contributed by atoms with Gasteiger partial charge < -0.3 is 14.6 Å². The van der Waals surface area contributed by atoms with Crippen LogP contribution in [0.5, 0.6) is 5.75 Å². The molecule has 0 heterocycles. The van der Waals surface area contributed by atoms with E-state index in [1.807, 2.05) is 50.2 Å². The Hall–Kier alpha value is -2.17. The summed E-state index contributed by atoms with van der Waals surface area (Å²) in [6.07, 6.45) is -0.916. The number of para-hydroxylation sites is 1. The van der Waals surface area contributed by atoms with Gasteiger partial charge in [-0.25, -0.2) is 0 Å². The Kier molecular flexibility index (Phi) is 6.53. The fourth-order valence-electron chi connectivity index (χ4n) is 2.20. The maximum Gasteiger partial charge on any atom is 0.313 e. The smallest absolute Gasteiger partial charge is 0.313 e. The number of aliphatic hydroxyl groups is 1. The number of aliphatic hydroxyl groups excluding tert-OH is 1. The van der Waals surface area contributed by atoms with E-state index >= 15 is 0 Å². The first kappa shape index (κ1) is 18.2. The molecule has 2 aromatic rings. The predicted molar refractivity (Wildman–Crippen MR) is 92.6 cm³/mol. The SMILES string of the molecule is CC(C)(COCc1ccccc1)[C@@H](O)CC(=O)Oc1ccccc1. The molecule has 0 bridgehead atoms. The molecule has 0 aliphatic carbocycles. The second kappa shape index (κ2) is 8.62. The molecular weight excluding hydrogens is 304 g/mol. The van der Waals surface area contributed by atoms with Crippen LogP contribution in [0.15, 0.2) is 60.7 Å². The maximum absolute atomic E-state index is 11.9. The summed E-state index contributed by atoms with van der Waals surface area (Å²) in [5.41, 5.74) is 0.524. The van der Waals surface area contributed by atoms with Crippen molar-refractivity contribution in [1.29, 1.82) is 0 Å². The third-order valence-electron chi connectivity index (χ3n) is 3.82. The van der Waals surface area contributed by atoms with Crippen LogP contribution in [0.3, 0.4) is 0 Å². The highest BCUT2D eigenvalue weighted by atomic mass is 16.5. The number of hydrogen-bond acceptors (Lipinski definition) is 4. The number of carbonyl (C=O) groups excluding carboxylic acids is 1. The topological polar surface area (TPSA) is 55.8 Å². The van der Waals surface area contributed by atoms with E-state index in [0.717, 1.165) is 5.56 Å². The second-order valence-electron chi connectivity index (χ2n) is 6.47. The lowest BCUT2D eigenvalue weighted by Gasteiger charge is -2.29. The predicted octanol–water partition coefficient (Wildman–Crippen LogP) is 3.59. The van der Waals surface area contributed by atoms with Crippen molar-refractivity contribution in [1.82, 2.24) is 0 Å². The van der Waals surface area contributed by atoms with Gasteiger partial charge in [-0.3, -0.25) is 4.79 Å². The lowest BCUT2D eigenvalue weighted by atomic mass is 9.85. The van der Waals surface area contributed by atoms with Crippen LogP contribution in [0.1, 0.15) is 25.8 Å². The number of esters is 1. The van der Waals surface area contributed by atoms with E-state index in [4.69, 9.17) is 9.47 Å². The van der Waals surface area contributed by atoms with E-state index in [2.05, 4.69) is 0 Å². The van der Waals surface area contributed by atoms with Gasteiger partial charge in [0.15, 0.2) is 0 Å². The van der Waals surface area contributed by atoms with Crippen molar-refractivity contribution < 1.29 is 19.4 Å². The number of rotatable bonds is 8. The quantitative estimate of drug-likeness (QED) is 0.594. The lowest BCUT2D eigenvalue weighted by molar-refractivity contribution is -0.139. The van der Waals surface area contributed by atoms with Crippen LogP contribution in [0.2, 0.25) is 0 Å². The van der Waals surface area contributed by atoms with E-state index in [-0.39, 0.29) is 6.42 Å². The fourth-order valence-corrected chi connectivity index (χ4v) is 2.20. The second-order valence-corrected chi connectivity index (χ2v) is 6.47. The van der Waals surface area contributed by atoms with Crippen LogP contribution in [-0.4, -0.2) is 23.8 Å². The van der Waals surface area contributed by atoms with Crippen molar-refractivity contribution in [3.05, 3.63) is 66.2 Å². The first-order chi connectivity index (χ1) is 11.5. The largest absolute Gasteiger partial charge is 0.426 e. The van der Waals surface area contributed by atoms with Crippen molar-refractivity contribution in [3.8, 4) is 5.75 Å². The summed E-state index contributed by atoms with van der Waals surface area (Å²) in [5.74, 6) is 0.0256. The third-order valence-corrected chi connectivity index (χ3v) is 3.82. The summed E-state index contributed by atoms with van der Waals surface area (Å²) >= 11 is 0. The van der Waals surface area contributed by atoms with Crippen molar-refractivity contribution in [3.63, 3.8) is 0 Å². The number of ether oxygens (including phenoxy) is 2. The van der Waals surface area contributed by atoms with E-state index in [0.29, 0.717) is 19.0 Å². The van der Waals surface area contributed by atoms with E-state index in [9.17, 15) is 9.90 Å². The first-order valence-corrected chi connectivity index (χ1v) is 8.03. The van der Waals surface area contributed by atoms with Crippen molar-refractivity contribution in [2.45, 2.75) is 33.0 Å². The summed E-state index contributed by atoms with van der Waals surface area (Å²) in [6.45, 7) is 4.57. The van der Waals surface area contributed by atoms with Gasteiger partial charge in [-0.15, -0.1) is 0 Å². The summed E-state index contributed by atoms with van der Waals surface area (Å²) in [5, 5.41) is 10.3. The molecule has 0 radical (unpaired) electrons. The van der Waals surface area contributed by atoms with Crippen LogP contribution < -0.4 is 4.74 Å². The highest BCUT2D eigenvalue weighted by Crippen LogP contribution is 2.25. The Balaban J connectivity index is 1.78. The average molecular weight is 328 g/mol. The maximum atomic E-state index is 11.9. The Morgan fingerprint density at radius 1 is 1.04 bits per heavy atom. The van der Waals surface area contributed by atoms with Gasteiger partial charge in [0, 0.05) is 5.41 Å². The zero-order valence-corrected chi connectivity index (χ0v) is 14.1. The van der Waals surface area contributed by atoms with Gasteiger partial charge in [-0.05, 0) is 17.7 Å². The van der Waals surface area contributed by atoms with Crippen LogP contribution >= 0.6 is 0 Å². The molecule has 1 atom stereocenters. The number of benzene rings is 2. The van der Waals surface area contributed by atoms with E-state index in [1.165, 1.54) is 0 Å². The molecule has 0 spiro atoms. The fraction of sp³-hybridized carbons (Fsp3) is 0.350. The van der Waals surface area contributed by atoms with Crippen LogP contribution in [0, 0.1) is 5.41 Å². The molecule has 0 aromatic heterocycles. The van der Waals surface area contributed by atoms with Gasteiger partial charge >= 0.3 is 5.97 Å². The van der Waals surface area contributed by atoms with Crippen molar-refractivity contribution in [2.75, 3.05) is 6.61 Å². The zero-order valence-electron chi connectivity index (χ0n) is 14.1. The van der Waals surface area contributed by atoms with Crippen LogP contribution in [0.25, 0.3) is 0 Å². The van der Waals surface area contributed by atoms with Gasteiger partial charge in [0.05, 0.1) is 25.7 Å². The molecule has 4 nitrogen and oxygen atoms in total. The Labute approximate surface area is 143 Å². The molecule has 0 saturated heterocycles. The first-order valence-electron chi connectivity index (χ1n) is 8.03. The molecule has 0 saturated carbocycles. The molecule has 0 aliphatic rings. The lowest BCUT2D eigenvalue weighted by Crippen LogP contribution is -2.36. The zero-order chi connectivity index (χ0) is 17.4. The van der Waals surface area contributed by atoms with Crippen LogP contribution in [0.4, 0.5) is 0 Å². The minimum Gasteiger partial charge on any atom is -0.426 e. The Morgan fingerprint density at radius 2 is 1.62 bits per heavy atom.